The maximum absolute atomic E-state index is 11.3. The van der Waals surface area contributed by atoms with E-state index < -0.39 is 0 Å². The van der Waals surface area contributed by atoms with Crippen LogP contribution in [0.25, 0.3) is 0 Å². The molecule has 4 N–H and O–H groups in total. The number of anilines is 2. The summed E-state index contributed by atoms with van der Waals surface area (Å²) in [5, 5.41) is 0. The zero-order chi connectivity index (χ0) is 13.3. The molecular weight excluding hydrogens is 226 g/mol. The molecule has 1 fully saturated rings. The van der Waals surface area contributed by atoms with Crippen LogP contribution in [-0.4, -0.2) is 18.5 Å². The number of hydrogen-bond acceptors (Lipinski definition) is 3. The second-order valence-corrected chi connectivity index (χ2v) is 5.24. The van der Waals surface area contributed by atoms with E-state index in [-0.39, 0.29) is 11.8 Å². The van der Waals surface area contributed by atoms with Crippen molar-refractivity contribution < 1.29 is 4.79 Å². The summed E-state index contributed by atoms with van der Waals surface area (Å²) >= 11 is 0. The van der Waals surface area contributed by atoms with Crippen LogP contribution in [0.1, 0.15) is 25.3 Å². The molecule has 1 heterocycles. The molecule has 1 aromatic carbocycles. The highest BCUT2D eigenvalue weighted by atomic mass is 16.1. The second kappa shape index (κ2) is 4.88. The number of nitrogen functional groups attached to an aromatic ring is 1. The number of aryl methyl sites for hydroxylation is 1. The molecule has 4 heteroatoms. The third-order valence-corrected chi connectivity index (χ3v) is 3.78. The Labute approximate surface area is 108 Å². The van der Waals surface area contributed by atoms with Crippen molar-refractivity contribution in [2.24, 2.45) is 11.7 Å². The Kier molecular flexibility index (Phi) is 3.45. The van der Waals surface area contributed by atoms with Gasteiger partial charge in [-0.2, -0.15) is 0 Å². The first-order chi connectivity index (χ1) is 8.49. The molecule has 0 aromatic heterocycles. The molecule has 0 saturated carbocycles. The minimum absolute atomic E-state index is 0.0677. The van der Waals surface area contributed by atoms with E-state index in [9.17, 15) is 4.79 Å². The lowest BCUT2D eigenvalue weighted by Crippen LogP contribution is -2.46. The molecule has 98 valence electrons. The molecule has 4 nitrogen and oxygen atoms in total. The fourth-order valence-electron chi connectivity index (χ4n) is 2.61. The molecule has 2 atom stereocenters. The van der Waals surface area contributed by atoms with Crippen LogP contribution >= 0.6 is 0 Å². The zero-order valence-electron chi connectivity index (χ0n) is 11.0. The van der Waals surface area contributed by atoms with Crippen molar-refractivity contribution >= 4 is 17.3 Å². The Bertz CT molecular complexity index is 458. The normalized spacial score (nSPS) is 24.0. The van der Waals surface area contributed by atoms with E-state index >= 15 is 0 Å². The van der Waals surface area contributed by atoms with Crippen molar-refractivity contribution in [1.82, 2.24) is 0 Å². The summed E-state index contributed by atoms with van der Waals surface area (Å²) in [4.78, 5) is 13.5. The summed E-state index contributed by atoms with van der Waals surface area (Å²) in [5.74, 6) is -0.278. The van der Waals surface area contributed by atoms with Crippen LogP contribution < -0.4 is 16.4 Å². The smallest absolute Gasteiger partial charge is 0.222 e. The monoisotopic (exact) mass is 247 g/mol. The standard InChI is InChI=1S/C14H21N3O/c1-9-3-6-13(12(15)7-9)17-8-11(14(16)18)5-4-10(17)2/h3,6-7,10-11H,4-5,8,15H2,1-2H3,(H2,16,18). The zero-order valence-corrected chi connectivity index (χ0v) is 11.0. The molecule has 2 unspecified atom stereocenters. The number of rotatable bonds is 2. The predicted molar refractivity (Wildman–Crippen MR) is 74.3 cm³/mol. The summed E-state index contributed by atoms with van der Waals surface area (Å²) in [5.41, 5.74) is 14.4. The van der Waals surface area contributed by atoms with Crippen LogP contribution in [-0.2, 0) is 4.79 Å². The number of carbonyl (C=O) groups excluding carboxylic acids is 1. The summed E-state index contributed by atoms with van der Waals surface area (Å²) in [6.07, 6.45) is 1.85. The van der Waals surface area contributed by atoms with E-state index in [2.05, 4.69) is 11.8 Å². The maximum Gasteiger partial charge on any atom is 0.222 e. The Morgan fingerprint density at radius 1 is 1.39 bits per heavy atom. The lowest BCUT2D eigenvalue weighted by Gasteiger charge is -2.39. The van der Waals surface area contributed by atoms with Gasteiger partial charge in [0, 0.05) is 12.6 Å². The van der Waals surface area contributed by atoms with Gasteiger partial charge < -0.3 is 16.4 Å². The third-order valence-electron chi connectivity index (χ3n) is 3.78. The molecule has 1 saturated heterocycles. The number of nitrogens with zero attached hydrogens (tertiary/aromatic N) is 1. The Balaban J connectivity index is 2.26. The van der Waals surface area contributed by atoms with Crippen LogP contribution in [0.4, 0.5) is 11.4 Å². The summed E-state index contributed by atoms with van der Waals surface area (Å²) in [7, 11) is 0. The molecule has 0 bridgehead atoms. The van der Waals surface area contributed by atoms with Crippen LogP contribution in [0.2, 0.25) is 0 Å². The Morgan fingerprint density at radius 3 is 2.72 bits per heavy atom. The minimum Gasteiger partial charge on any atom is -0.397 e. The van der Waals surface area contributed by atoms with Crippen LogP contribution in [0, 0.1) is 12.8 Å². The third kappa shape index (κ3) is 2.42. The molecule has 0 spiro atoms. The van der Waals surface area contributed by atoms with Gasteiger partial charge in [-0.3, -0.25) is 4.79 Å². The molecule has 2 rings (SSSR count). The average molecular weight is 247 g/mol. The van der Waals surface area contributed by atoms with Gasteiger partial charge in [0.1, 0.15) is 0 Å². The second-order valence-electron chi connectivity index (χ2n) is 5.24. The molecule has 1 aliphatic heterocycles. The molecular formula is C14H21N3O. The summed E-state index contributed by atoms with van der Waals surface area (Å²) in [6, 6.07) is 6.44. The number of piperidine rings is 1. The van der Waals surface area contributed by atoms with E-state index in [1.54, 1.807) is 0 Å². The first-order valence-corrected chi connectivity index (χ1v) is 6.41. The minimum atomic E-state index is -0.211. The van der Waals surface area contributed by atoms with Gasteiger partial charge in [-0.1, -0.05) is 6.07 Å². The number of amides is 1. The predicted octanol–water partition coefficient (Wildman–Crippen LogP) is 1.67. The topological polar surface area (TPSA) is 72.3 Å². The van der Waals surface area contributed by atoms with E-state index in [1.807, 2.05) is 25.1 Å². The quantitative estimate of drug-likeness (QED) is 0.781. The van der Waals surface area contributed by atoms with Crippen LogP contribution in [0.15, 0.2) is 18.2 Å². The molecule has 18 heavy (non-hydrogen) atoms. The molecule has 1 amide bonds. The fourth-order valence-corrected chi connectivity index (χ4v) is 2.61. The van der Waals surface area contributed by atoms with Gasteiger partial charge in [-0.05, 0) is 44.4 Å². The van der Waals surface area contributed by atoms with Crippen molar-refractivity contribution in [2.45, 2.75) is 32.7 Å². The van der Waals surface area contributed by atoms with Gasteiger partial charge in [0.25, 0.3) is 0 Å². The first kappa shape index (κ1) is 12.7. The first-order valence-electron chi connectivity index (χ1n) is 6.41. The largest absolute Gasteiger partial charge is 0.397 e. The number of primary amides is 1. The van der Waals surface area contributed by atoms with E-state index in [0.29, 0.717) is 12.6 Å². The highest BCUT2D eigenvalue weighted by molar-refractivity contribution is 5.78. The van der Waals surface area contributed by atoms with Gasteiger partial charge in [0.2, 0.25) is 5.91 Å². The van der Waals surface area contributed by atoms with E-state index in [4.69, 9.17) is 11.5 Å². The van der Waals surface area contributed by atoms with Gasteiger partial charge in [0.15, 0.2) is 0 Å². The molecule has 0 aliphatic carbocycles. The lowest BCUT2D eigenvalue weighted by atomic mass is 9.92. The van der Waals surface area contributed by atoms with Gasteiger partial charge >= 0.3 is 0 Å². The van der Waals surface area contributed by atoms with Crippen molar-refractivity contribution in [1.29, 1.82) is 0 Å². The maximum atomic E-state index is 11.3. The number of hydrogen-bond donors (Lipinski definition) is 2. The Hall–Kier alpha value is -1.71. The summed E-state index contributed by atoms with van der Waals surface area (Å²) < 4.78 is 0. The molecule has 1 aromatic rings. The van der Waals surface area contributed by atoms with Gasteiger partial charge in [0.05, 0.1) is 17.3 Å². The van der Waals surface area contributed by atoms with Crippen molar-refractivity contribution in [3.05, 3.63) is 23.8 Å². The Morgan fingerprint density at radius 2 is 2.11 bits per heavy atom. The van der Waals surface area contributed by atoms with E-state index in [1.165, 1.54) is 0 Å². The fraction of sp³-hybridized carbons (Fsp3) is 0.500. The highest BCUT2D eigenvalue weighted by Crippen LogP contribution is 2.31. The van der Waals surface area contributed by atoms with E-state index in [0.717, 1.165) is 29.8 Å². The number of benzene rings is 1. The average Bonchev–Trinajstić information content (AvgIpc) is 2.30. The number of carbonyl (C=O) groups is 1. The SMILES string of the molecule is Cc1ccc(N2CC(C(N)=O)CCC2C)c(N)c1. The highest BCUT2D eigenvalue weighted by Gasteiger charge is 2.29. The summed E-state index contributed by atoms with van der Waals surface area (Å²) in [6.45, 7) is 4.85. The van der Waals surface area contributed by atoms with Crippen molar-refractivity contribution in [3.63, 3.8) is 0 Å². The van der Waals surface area contributed by atoms with Gasteiger partial charge in [-0.25, -0.2) is 0 Å². The van der Waals surface area contributed by atoms with Crippen molar-refractivity contribution in [3.8, 4) is 0 Å². The van der Waals surface area contributed by atoms with Crippen molar-refractivity contribution in [2.75, 3.05) is 17.2 Å². The molecule has 0 radical (unpaired) electrons. The van der Waals surface area contributed by atoms with Gasteiger partial charge in [-0.15, -0.1) is 0 Å². The molecule has 1 aliphatic rings. The lowest BCUT2D eigenvalue weighted by molar-refractivity contribution is -0.122. The van der Waals surface area contributed by atoms with Crippen LogP contribution in [0.3, 0.4) is 0 Å². The van der Waals surface area contributed by atoms with Crippen LogP contribution in [0.5, 0.6) is 0 Å². The number of nitrogens with two attached hydrogens (primary N) is 2.